The predicted molar refractivity (Wildman–Crippen MR) is 95.3 cm³/mol. The highest BCUT2D eigenvalue weighted by molar-refractivity contribution is 14.1. The number of hydrogen-bond donors (Lipinski definition) is 2. The number of anilines is 2. The largest absolute Gasteiger partial charge is 0.397 e. The highest BCUT2D eigenvalue weighted by Gasteiger charge is 2.22. The van der Waals surface area contributed by atoms with E-state index in [-0.39, 0.29) is 10.6 Å². The Hall–Kier alpha value is -0.990. The Bertz CT molecular complexity index is 807. The highest BCUT2D eigenvalue weighted by Crippen LogP contribution is 2.30. The number of sulfonamides is 1. The molecule has 0 unspecified atom stereocenters. The van der Waals surface area contributed by atoms with Crippen LogP contribution in [0.4, 0.5) is 11.4 Å². The van der Waals surface area contributed by atoms with Gasteiger partial charge in [0, 0.05) is 8.59 Å². The van der Waals surface area contributed by atoms with E-state index >= 15 is 0 Å². The van der Waals surface area contributed by atoms with Crippen molar-refractivity contribution in [1.29, 1.82) is 0 Å². The van der Waals surface area contributed by atoms with Crippen molar-refractivity contribution in [3.63, 3.8) is 0 Å². The summed E-state index contributed by atoms with van der Waals surface area (Å²) < 4.78 is 28.5. The van der Waals surface area contributed by atoms with E-state index in [0.29, 0.717) is 19.8 Å². The number of rotatable bonds is 3. The third-order valence-corrected chi connectivity index (χ3v) is 5.75. The molecule has 0 fully saturated rings. The SMILES string of the molecule is Cc1ccc(C)c(S(=O)(=O)Nc2ccc(Cl)cc2I)c1N. The van der Waals surface area contributed by atoms with Gasteiger partial charge in [-0.15, -0.1) is 0 Å². The Kier molecular flexibility index (Phi) is 4.69. The molecule has 0 aliphatic carbocycles. The first-order chi connectivity index (χ1) is 9.72. The van der Waals surface area contributed by atoms with Gasteiger partial charge < -0.3 is 5.73 Å². The summed E-state index contributed by atoms with van der Waals surface area (Å²) in [5, 5.41) is 0.550. The Balaban J connectivity index is 2.51. The van der Waals surface area contributed by atoms with Crippen LogP contribution in [0, 0.1) is 17.4 Å². The molecule has 2 aromatic carbocycles. The maximum Gasteiger partial charge on any atom is 0.264 e. The minimum atomic E-state index is -3.76. The molecular formula is C14H14ClIN2O2S. The first-order valence-corrected chi connectivity index (χ1v) is 9.00. The number of nitrogen functional groups attached to an aromatic ring is 1. The molecule has 0 amide bonds. The van der Waals surface area contributed by atoms with Crippen LogP contribution in [0.1, 0.15) is 11.1 Å². The lowest BCUT2D eigenvalue weighted by molar-refractivity contribution is 0.601. The van der Waals surface area contributed by atoms with Crippen LogP contribution in [-0.4, -0.2) is 8.42 Å². The second-order valence-corrected chi connectivity index (χ2v) is 7.89. The Morgan fingerprint density at radius 3 is 2.38 bits per heavy atom. The molecule has 2 rings (SSSR count). The van der Waals surface area contributed by atoms with Crippen molar-refractivity contribution in [3.8, 4) is 0 Å². The number of nitrogens with two attached hydrogens (primary N) is 1. The molecule has 0 aromatic heterocycles. The van der Waals surface area contributed by atoms with Crippen molar-refractivity contribution < 1.29 is 8.42 Å². The summed E-state index contributed by atoms with van der Waals surface area (Å²) in [4.78, 5) is 0.119. The van der Waals surface area contributed by atoms with Gasteiger partial charge in [0.1, 0.15) is 4.90 Å². The minimum Gasteiger partial charge on any atom is -0.397 e. The van der Waals surface area contributed by atoms with Crippen LogP contribution in [0.3, 0.4) is 0 Å². The van der Waals surface area contributed by atoms with Gasteiger partial charge in [-0.2, -0.15) is 0 Å². The zero-order chi connectivity index (χ0) is 15.8. The summed E-state index contributed by atoms with van der Waals surface area (Å²) in [6.07, 6.45) is 0. The van der Waals surface area contributed by atoms with Crippen LogP contribution in [0.5, 0.6) is 0 Å². The summed E-state index contributed by atoms with van der Waals surface area (Å²) >= 11 is 7.90. The summed E-state index contributed by atoms with van der Waals surface area (Å²) in [5.74, 6) is 0. The smallest absolute Gasteiger partial charge is 0.264 e. The quantitative estimate of drug-likeness (QED) is 0.565. The molecule has 4 nitrogen and oxygen atoms in total. The topological polar surface area (TPSA) is 72.2 Å². The summed E-state index contributed by atoms with van der Waals surface area (Å²) in [6.45, 7) is 3.50. The maximum atomic E-state index is 12.6. The number of benzene rings is 2. The van der Waals surface area contributed by atoms with Gasteiger partial charge in [0.15, 0.2) is 0 Å². The lowest BCUT2D eigenvalue weighted by Gasteiger charge is -2.15. The van der Waals surface area contributed by atoms with E-state index < -0.39 is 10.0 Å². The molecule has 0 aliphatic heterocycles. The molecule has 0 atom stereocenters. The average molecular weight is 437 g/mol. The molecule has 0 spiro atoms. The summed E-state index contributed by atoms with van der Waals surface area (Å²) in [6, 6.07) is 8.49. The van der Waals surface area contributed by atoms with Crippen LogP contribution >= 0.6 is 34.2 Å². The molecule has 0 saturated carbocycles. The van der Waals surface area contributed by atoms with Crippen molar-refractivity contribution in [2.24, 2.45) is 0 Å². The van der Waals surface area contributed by atoms with Gasteiger partial charge in [-0.1, -0.05) is 23.7 Å². The van der Waals surface area contributed by atoms with E-state index in [1.54, 1.807) is 44.2 Å². The zero-order valence-corrected chi connectivity index (χ0v) is 15.2. The molecule has 0 bridgehead atoms. The van der Waals surface area contributed by atoms with Gasteiger partial charge >= 0.3 is 0 Å². The van der Waals surface area contributed by atoms with Gasteiger partial charge in [0.25, 0.3) is 10.0 Å². The lowest BCUT2D eigenvalue weighted by atomic mass is 10.1. The number of nitrogens with one attached hydrogen (secondary N) is 1. The van der Waals surface area contributed by atoms with Crippen molar-refractivity contribution in [2.45, 2.75) is 18.7 Å². The molecule has 21 heavy (non-hydrogen) atoms. The fourth-order valence-electron chi connectivity index (χ4n) is 1.93. The number of halogens is 2. The van der Waals surface area contributed by atoms with Crippen LogP contribution in [-0.2, 0) is 10.0 Å². The zero-order valence-electron chi connectivity index (χ0n) is 11.4. The van der Waals surface area contributed by atoms with Crippen molar-refractivity contribution in [2.75, 3.05) is 10.5 Å². The third-order valence-electron chi connectivity index (χ3n) is 3.06. The fraction of sp³-hybridized carbons (Fsp3) is 0.143. The van der Waals surface area contributed by atoms with Gasteiger partial charge in [-0.25, -0.2) is 8.42 Å². The summed E-state index contributed by atoms with van der Waals surface area (Å²) in [5.41, 5.74) is 8.02. The molecule has 0 aliphatic rings. The second-order valence-electron chi connectivity index (χ2n) is 4.67. The molecule has 3 N–H and O–H groups in total. The lowest BCUT2D eigenvalue weighted by Crippen LogP contribution is -2.17. The average Bonchev–Trinajstić information content (AvgIpc) is 2.37. The Morgan fingerprint density at radius 1 is 1.14 bits per heavy atom. The maximum absolute atomic E-state index is 12.6. The number of hydrogen-bond acceptors (Lipinski definition) is 3. The molecule has 0 saturated heterocycles. The standard InChI is InChI=1S/C14H14ClIN2O2S/c1-8-3-4-9(2)14(13(8)17)21(19,20)18-12-6-5-10(15)7-11(12)16/h3-7,18H,17H2,1-2H3. The van der Waals surface area contributed by atoms with Crippen LogP contribution < -0.4 is 10.5 Å². The van der Waals surface area contributed by atoms with Gasteiger partial charge in [-0.3, -0.25) is 4.72 Å². The van der Waals surface area contributed by atoms with Crippen LogP contribution in [0.15, 0.2) is 35.2 Å². The molecule has 0 radical (unpaired) electrons. The predicted octanol–water partition coefficient (Wildman–Crippen LogP) is 3.94. The second kappa shape index (κ2) is 6.02. The van der Waals surface area contributed by atoms with E-state index in [2.05, 4.69) is 4.72 Å². The third kappa shape index (κ3) is 3.44. The monoisotopic (exact) mass is 436 g/mol. The van der Waals surface area contributed by atoms with E-state index in [1.807, 2.05) is 22.6 Å². The Morgan fingerprint density at radius 2 is 1.76 bits per heavy atom. The first kappa shape index (κ1) is 16.4. The first-order valence-electron chi connectivity index (χ1n) is 6.06. The van der Waals surface area contributed by atoms with Crippen LogP contribution in [0.25, 0.3) is 0 Å². The van der Waals surface area contributed by atoms with Crippen molar-refractivity contribution >= 4 is 55.6 Å². The highest BCUT2D eigenvalue weighted by atomic mass is 127. The molecular weight excluding hydrogens is 423 g/mol. The van der Waals surface area contributed by atoms with Crippen LogP contribution in [0.2, 0.25) is 5.02 Å². The molecule has 112 valence electrons. The van der Waals surface area contributed by atoms with E-state index in [0.717, 1.165) is 5.56 Å². The van der Waals surface area contributed by atoms with Crippen molar-refractivity contribution in [3.05, 3.63) is 50.1 Å². The normalized spacial score (nSPS) is 11.4. The van der Waals surface area contributed by atoms with E-state index in [9.17, 15) is 8.42 Å². The van der Waals surface area contributed by atoms with Crippen molar-refractivity contribution in [1.82, 2.24) is 0 Å². The van der Waals surface area contributed by atoms with Gasteiger partial charge in [-0.05, 0) is 65.8 Å². The molecule has 2 aromatic rings. The van der Waals surface area contributed by atoms with E-state index in [1.165, 1.54) is 0 Å². The number of aryl methyl sites for hydroxylation is 2. The van der Waals surface area contributed by atoms with E-state index in [4.69, 9.17) is 17.3 Å². The Labute approximate surface area is 142 Å². The minimum absolute atomic E-state index is 0.119. The molecule has 0 heterocycles. The van der Waals surface area contributed by atoms with Gasteiger partial charge in [0.2, 0.25) is 0 Å². The summed E-state index contributed by atoms with van der Waals surface area (Å²) in [7, 11) is -3.76. The molecule has 7 heteroatoms. The van der Waals surface area contributed by atoms with Gasteiger partial charge in [0.05, 0.1) is 11.4 Å². The fourth-order valence-corrected chi connectivity index (χ4v) is 4.63.